The fourth-order valence-electron chi connectivity index (χ4n) is 7.03. The third-order valence-corrected chi connectivity index (χ3v) is 11.3. The fraction of sp³-hybridized carbons (Fsp3) is 0.458. The van der Waals surface area contributed by atoms with E-state index in [4.69, 9.17) is 18.9 Å². The summed E-state index contributed by atoms with van der Waals surface area (Å²) in [6, 6.07) is 26.8. The lowest BCUT2D eigenvalue weighted by Crippen LogP contribution is -2.50. The summed E-state index contributed by atoms with van der Waals surface area (Å²) in [5, 5.41) is 29.5. The normalized spacial score (nSPS) is 15.3. The van der Waals surface area contributed by atoms with E-state index in [2.05, 4.69) is 46.6 Å². The second kappa shape index (κ2) is 27.4. The van der Waals surface area contributed by atoms with Crippen LogP contribution in [-0.2, 0) is 9.59 Å². The van der Waals surface area contributed by atoms with Crippen molar-refractivity contribution >= 4 is 39.1 Å². The van der Waals surface area contributed by atoms with Crippen molar-refractivity contribution in [1.29, 1.82) is 0 Å². The average Bonchev–Trinajstić information content (AvgIpc) is 3.29. The standard InChI is InChI=1S/C24H33N3O4.C14H21N3O.C10H13BrO3/c1-18-7-6-8-19(2)24(18)25-23(29)16-27-13-11-26(12-14-27)15-20(28)17-31-22-10-5-4-9-21(22)30-3;1-11-4-3-5-12(2)14(11)16-13(18)10-17-8-6-15-7-9-17;1-13-9-4-2-3-5-10(9)14-7-8(12)6-11/h4-10,20,28H,11-17H2,1-3H3,(H,25,29);3-5,15H,6-10H2,1-2H3,(H,16,18);2-5,8,12H,6-7H2,1H3. The van der Waals surface area contributed by atoms with Gasteiger partial charge in [-0.25, -0.2) is 0 Å². The molecule has 4 aromatic rings. The van der Waals surface area contributed by atoms with Crippen LogP contribution in [0.5, 0.6) is 23.0 Å². The number of hydrogen-bond acceptors (Lipinski definition) is 12. The van der Waals surface area contributed by atoms with E-state index in [0.29, 0.717) is 48.0 Å². The molecule has 0 aromatic heterocycles. The molecule has 2 unspecified atom stereocenters. The highest BCUT2D eigenvalue weighted by Crippen LogP contribution is 2.27. The number of aryl methyl sites for hydroxylation is 4. The highest BCUT2D eigenvalue weighted by molar-refractivity contribution is 9.09. The first kappa shape index (κ1) is 50.9. The van der Waals surface area contributed by atoms with Crippen LogP contribution < -0.4 is 34.9 Å². The molecular formula is C48H67BrN6O8. The summed E-state index contributed by atoms with van der Waals surface area (Å²) in [5.41, 5.74) is 6.24. The Hall–Kier alpha value is -4.74. The summed E-state index contributed by atoms with van der Waals surface area (Å²) < 4.78 is 21.5. The van der Waals surface area contributed by atoms with Gasteiger partial charge in [-0.3, -0.25) is 24.3 Å². The van der Waals surface area contributed by atoms with Crippen LogP contribution in [-0.4, -0.2) is 154 Å². The van der Waals surface area contributed by atoms with Crippen molar-refractivity contribution in [3.8, 4) is 23.0 Å². The SMILES string of the molecule is COc1ccccc1OCC(O)CBr.COc1ccccc1OCC(O)CN1CCN(CC(=O)Nc2c(C)cccc2C)CC1.Cc1cccc(C)c1NC(=O)CN1CCNCC1. The van der Waals surface area contributed by atoms with Crippen LogP contribution in [0.1, 0.15) is 22.3 Å². The van der Waals surface area contributed by atoms with Crippen LogP contribution in [0.25, 0.3) is 0 Å². The number of carbonyl (C=O) groups is 2. The number of amides is 2. The molecule has 63 heavy (non-hydrogen) atoms. The topological polar surface area (TPSA) is 157 Å². The lowest BCUT2D eigenvalue weighted by atomic mass is 10.1. The zero-order valence-electron chi connectivity index (χ0n) is 37.7. The van der Waals surface area contributed by atoms with Gasteiger partial charge in [-0.15, -0.1) is 0 Å². The van der Waals surface area contributed by atoms with Crippen molar-refractivity contribution in [2.24, 2.45) is 0 Å². The number of nitrogens with one attached hydrogen (secondary N) is 3. The third kappa shape index (κ3) is 17.7. The number of anilines is 2. The van der Waals surface area contributed by atoms with Gasteiger partial charge < -0.3 is 45.1 Å². The minimum atomic E-state index is -0.594. The number of rotatable bonds is 17. The maximum absolute atomic E-state index is 12.5. The first-order chi connectivity index (χ1) is 30.4. The molecule has 2 fully saturated rings. The van der Waals surface area contributed by atoms with E-state index < -0.39 is 12.2 Å². The Morgan fingerprint density at radius 1 is 0.587 bits per heavy atom. The molecule has 2 aliphatic heterocycles. The van der Waals surface area contributed by atoms with E-state index in [1.807, 2.05) is 107 Å². The van der Waals surface area contributed by atoms with Gasteiger partial charge in [0.25, 0.3) is 0 Å². The van der Waals surface area contributed by atoms with Crippen molar-refractivity contribution in [1.82, 2.24) is 20.0 Å². The number of hydrogen-bond donors (Lipinski definition) is 5. The molecule has 2 atom stereocenters. The van der Waals surface area contributed by atoms with Crippen molar-refractivity contribution < 1.29 is 38.7 Å². The quantitative estimate of drug-likeness (QED) is 0.0875. The van der Waals surface area contributed by atoms with Gasteiger partial charge in [0.1, 0.15) is 19.3 Å². The molecule has 0 aliphatic carbocycles. The van der Waals surface area contributed by atoms with Crippen molar-refractivity contribution in [2.45, 2.75) is 39.9 Å². The van der Waals surface area contributed by atoms with E-state index in [0.717, 1.165) is 86.0 Å². The molecule has 0 spiro atoms. The van der Waals surface area contributed by atoms with E-state index in [-0.39, 0.29) is 25.0 Å². The Balaban J connectivity index is 0.000000230. The number of halogens is 1. The molecule has 344 valence electrons. The number of para-hydroxylation sites is 6. The van der Waals surface area contributed by atoms with Gasteiger partial charge in [-0.05, 0) is 74.2 Å². The van der Waals surface area contributed by atoms with E-state index in [9.17, 15) is 19.8 Å². The van der Waals surface area contributed by atoms with Gasteiger partial charge in [0.2, 0.25) is 11.8 Å². The third-order valence-electron chi connectivity index (χ3n) is 10.5. The van der Waals surface area contributed by atoms with Gasteiger partial charge >= 0.3 is 0 Å². The average molecular weight is 936 g/mol. The maximum atomic E-state index is 12.5. The predicted octanol–water partition coefficient (Wildman–Crippen LogP) is 5.28. The minimum absolute atomic E-state index is 0.0103. The first-order valence-electron chi connectivity index (χ1n) is 21.4. The number of nitrogens with zero attached hydrogens (tertiary/aromatic N) is 3. The second-order valence-electron chi connectivity index (χ2n) is 15.6. The summed E-state index contributed by atoms with van der Waals surface area (Å²) in [7, 11) is 3.18. The largest absolute Gasteiger partial charge is 0.493 e. The number of ether oxygens (including phenoxy) is 4. The van der Waals surface area contributed by atoms with Crippen LogP contribution in [0.2, 0.25) is 0 Å². The smallest absolute Gasteiger partial charge is 0.238 e. The zero-order valence-corrected chi connectivity index (χ0v) is 39.3. The molecular weight excluding hydrogens is 868 g/mol. The molecule has 0 saturated carbocycles. The molecule has 14 nitrogen and oxygen atoms in total. The number of carbonyl (C=O) groups excluding carboxylic acids is 2. The first-order valence-corrected chi connectivity index (χ1v) is 22.6. The Morgan fingerprint density at radius 2 is 0.968 bits per heavy atom. The number of aliphatic hydroxyl groups excluding tert-OH is 2. The monoisotopic (exact) mass is 934 g/mol. The lowest BCUT2D eigenvalue weighted by Gasteiger charge is -2.35. The van der Waals surface area contributed by atoms with Gasteiger partial charge in [0.05, 0.1) is 33.4 Å². The minimum Gasteiger partial charge on any atom is -0.493 e. The summed E-state index contributed by atoms with van der Waals surface area (Å²) >= 11 is 3.16. The molecule has 2 saturated heterocycles. The van der Waals surface area contributed by atoms with E-state index in [1.54, 1.807) is 20.3 Å². The second-order valence-corrected chi connectivity index (χ2v) is 16.3. The Bertz CT molecular complexity index is 1950. The van der Waals surface area contributed by atoms with Gasteiger partial charge in [-0.1, -0.05) is 76.6 Å². The van der Waals surface area contributed by atoms with Gasteiger partial charge in [0.15, 0.2) is 23.0 Å². The van der Waals surface area contributed by atoms with Gasteiger partial charge in [0, 0.05) is 75.6 Å². The Labute approximate surface area is 382 Å². The van der Waals surface area contributed by atoms with Crippen LogP contribution in [0.4, 0.5) is 11.4 Å². The molecule has 2 amide bonds. The summed E-state index contributed by atoms with van der Waals surface area (Å²) in [6.07, 6.45) is -1.09. The molecule has 2 heterocycles. The Kier molecular flexibility index (Phi) is 22.2. The van der Waals surface area contributed by atoms with Crippen LogP contribution >= 0.6 is 15.9 Å². The molecule has 5 N–H and O–H groups in total. The summed E-state index contributed by atoms with van der Waals surface area (Å²) in [4.78, 5) is 31.0. The highest BCUT2D eigenvalue weighted by atomic mass is 79.9. The fourth-order valence-corrected chi connectivity index (χ4v) is 7.22. The van der Waals surface area contributed by atoms with Crippen molar-refractivity contribution in [3.63, 3.8) is 0 Å². The number of methoxy groups -OCH3 is 2. The summed E-state index contributed by atoms with van der Waals surface area (Å²) in [5.74, 6) is 2.70. The number of alkyl halides is 1. The van der Waals surface area contributed by atoms with E-state index in [1.165, 1.54) is 0 Å². The predicted molar refractivity (Wildman–Crippen MR) is 254 cm³/mol. The van der Waals surface area contributed by atoms with Crippen LogP contribution in [0, 0.1) is 27.7 Å². The Morgan fingerprint density at radius 3 is 1.38 bits per heavy atom. The molecule has 4 aromatic carbocycles. The molecule has 0 radical (unpaired) electrons. The van der Waals surface area contributed by atoms with Gasteiger partial charge in [-0.2, -0.15) is 0 Å². The number of piperazine rings is 2. The number of aliphatic hydroxyl groups is 2. The maximum Gasteiger partial charge on any atom is 0.238 e. The number of β-amino-alcohol motifs (C(OH)–C–C–N with tert-alkyl or cyclic N) is 1. The molecule has 15 heteroatoms. The zero-order chi connectivity index (χ0) is 45.6. The molecule has 2 aliphatic rings. The van der Waals surface area contributed by atoms with Crippen LogP contribution in [0.15, 0.2) is 84.9 Å². The van der Waals surface area contributed by atoms with Crippen molar-refractivity contribution in [3.05, 3.63) is 107 Å². The highest BCUT2D eigenvalue weighted by Gasteiger charge is 2.22. The van der Waals surface area contributed by atoms with Crippen molar-refractivity contribution in [2.75, 3.05) is 115 Å². The van der Waals surface area contributed by atoms with E-state index >= 15 is 0 Å². The lowest BCUT2D eigenvalue weighted by molar-refractivity contribution is -0.118. The summed E-state index contributed by atoms with van der Waals surface area (Å²) in [6.45, 7) is 16.9. The molecule has 0 bridgehead atoms. The molecule has 6 rings (SSSR count). The van der Waals surface area contributed by atoms with Crippen LogP contribution in [0.3, 0.4) is 0 Å². The number of benzene rings is 4.